The first-order valence-electron chi connectivity index (χ1n) is 6.18. The number of benzene rings is 2. The van der Waals surface area contributed by atoms with Gasteiger partial charge >= 0.3 is 0 Å². The Morgan fingerprint density at radius 3 is 2.40 bits per heavy atom. The molecule has 0 N–H and O–H groups in total. The van der Waals surface area contributed by atoms with Crippen LogP contribution in [0.2, 0.25) is 0 Å². The van der Waals surface area contributed by atoms with Crippen LogP contribution in [0.25, 0.3) is 6.08 Å². The lowest BCUT2D eigenvalue weighted by Gasteiger charge is -1.94. The van der Waals surface area contributed by atoms with E-state index in [1.807, 2.05) is 36.4 Å². The Kier molecular flexibility index (Phi) is 4.70. The zero-order valence-electron chi connectivity index (χ0n) is 10.8. The second kappa shape index (κ2) is 6.92. The van der Waals surface area contributed by atoms with Crippen LogP contribution in [0.3, 0.4) is 0 Å². The summed E-state index contributed by atoms with van der Waals surface area (Å²) in [6.45, 7) is 0. The molecule has 0 spiro atoms. The summed E-state index contributed by atoms with van der Waals surface area (Å²) in [5, 5.41) is 9.09. The third-order valence-electron chi connectivity index (χ3n) is 2.64. The second-order valence-corrected chi connectivity index (χ2v) is 4.18. The molecule has 0 heterocycles. The molecule has 2 aromatic rings. The molecule has 20 heavy (non-hydrogen) atoms. The molecule has 0 saturated carbocycles. The molecule has 0 unspecified atom stereocenters. The van der Waals surface area contributed by atoms with Gasteiger partial charge in [0.2, 0.25) is 0 Å². The average molecular weight is 261 g/mol. The molecule has 0 aliphatic rings. The highest BCUT2D eigenvalue weighted by atomic mass is 19.1. The summed E-state index contributed by atoms with van der Waals surface area (Å²) in [4.78, 5) is 0. The van der Waals surface area contributed by atoms with Crippen molar-refractivity contribution in [2.75, 3.05) is 0 Å². The van der Waals surface area contributed by atoms with Crippen LogP contribution in [-0.4, -0.2) is 0 Å². The minimum atomic E-state index is -0.280. The lowest BCUT2D eigenvalue weighted by molar-refractivity contribution is 0.627. The van der Waals surface area contributed by atoms with E-state index in [1.54, 1.807) is 12.1 Å². The van der Waals surface area contributed by atoms with Crippen LogP contribution in [-0.2, 0) is 0 Å². The van der Waals surface area contributed by atoms with E-state index in [-0.39, 0.29) is 5.82 Å². The maximum Gasteiger partial charge on any atom is 0.123 e. The first-order valence-corrected chi connectivity index (χ1v) is 6.18. The van der Waals surface area contributed by atoms with Crippen LogP contribution in [0.4, 0.5) is 4.39 Å². The smallest absolute Gasteiger partial charge is 0.123 e. The Morgan fingerprint density at radius 2 is 1.75 bits per heavy atom. The Hall–Kier alpha value is -2.84. The van der Waals surface area contributed by atoms with Crippen molar-refractivity contribution in [2.24, 2.45) is 0 Å². The van der Waals surface area contributed by atoms with E-state index in [1.165, 1.54) is 12.1 Å². The standard InChI is InChI=1S/C18H12FN/c19-18-11-9-15(10-12-18)7-4-8-17(14-20)13-16-5-2-1-3-6-16/h1-3,5-6,9-13H,8H2/b17-13-. The summed E-state index contributed by atoms with van der Waals surface area (Å²) in [6.07, 6.45) is 2.20. The predicted molar refractivity (Wildman–Crippen MR) is 77.9 cm³/mol. The van der Waals surface area contributed by atoms with Crippen molar-refractivity contribution in [1.29, 1.82) is 5.26 Å². The zero-order valence-corrected chi connectivity index (χ0v) is 10.8. The monoisotopic (exact) mass is 261 g/mol. The number of hydrogen-bond acceptors (Lipinski definition) is 1. The summed E-state index contributed by atoms with van der Waals surface area (Å²) in [6, 6.07) is 17.8. The van der Waals surface area contributed by atoms with Crippen LogP contribution in [0.1, 0.15) is 17.5 Å². The van der Waals surface area contributed by atoms with Gasteiger partial charge in [-0.1, -0.05) is 42.2 Å². The molecular formula is C18H12FN. The maximum atomic E-state index is 12.7. The summed E-state index contributed by atoms with van der Waals surface area (Å²) < 4.78 is 12.7. The first-order chi connectivity index (χ1) is 9.78. The van der Waals surface area contributed by atoms with Gasteiger partial charge in [0.05, 0.1) is 6.07 Å². The number of rotatable bonds is 2. The molecule has 0 bridgehead atoms. The fourth-order valence-electron chi connectivity index (χ4n) is 1.65. The van der Waals surface area contributed by atoms with Gasteiger partial charge in [0.15, 0.2) is 0 Å². The van der Waals surface area contributed by atoms with Gasteiger partial charge in [0.1, 0.15) is 5.82 Å². The van der Waals surface area contributed by atoms with Crippen LogP contribution in [0.5, 0.6) is 0 Å². The molecule has 2 heteroatoms. The van der Waals surface area contributed by atoms with Gasteiger partial charge in [-0.3, -0.25) is 0 Å². The quantitative estimate of drug-likeness (QED) is 0.588. The van der Waals surface area contributed by atoms with E-state index < -0.39 is 0 Å². The van der Waals surface area contributed by atoms with Crippen molar-refractivity contribution in [1.82, 2.24) is 0 Å². The molecule has 2 rings (SSSR count). The number of halogens is 1. The van der Waals surface area contributed by atoms with E-state index in [9.17, 15) is 4.39 Å². The van der Waals surface area contributed by atoms with Crippen LogP contribution in [0.15, 0.2) is 60.2 Å². The lowest BCUT2D eigenvalue weighted by atomic mass is 10.1. The van der Waals surface area contributed by atoms with Crippen molar-refractivity contribution in [3.05, 3.63) is 77.1 Å². The first kappa shape index (κ1) is 13.6. The van der Waals surface area contributed by atoms with Crippen LogP contribution < -0.4 is 0 Å². The molecule has 0 fully saturated rings. The molecule has 0 saturated heterocycles. The van der Waals surface area contributed by atoms with Gasteiger partial charge in [0.25, 0.3) is 0 Å². The summed E-state index contributed by atoms with van der Waals surface area (Å²) in [5.41, 5.74) is 2.32. The fourth-order valence-corrected chi connectivity index (χ4v) is 1.65. The number of hydrogen-bond donors (Lipinski definition) is 0. The molecular weight excluding hydrogens is 249 g/mol. The largest absolute Gasteiger partial charge is 0.207 e. The van der Waals surface area contributed by atoms with Gasteiger partial charge in [-0.2, -0.15) is 5.26 Å². The van der Waals surface area contributed by atoms with Crippen molar-refractivity contribution in [3.8, 4) is 17.9 Å². The van der Waals surface area contributed by atoms with E-state index in [2.05, 4.69) is 17.9 Å². The Balaban J connectivity index is 2.07. The Morgan fingerprint density at radius 1 is 1.05 bits per heavy atom. The number of allylic oxidation sites excluding steroid dienone is 1. The van der Waals surface area contributed by atoms with E-state index >= 15 is 0 Å². The third-order valence-corrected chi connectivity index (χ3v) is 2.64. The molecule has 0 amide bonds. The predicted octanol–water partition coefficient (Wildman–Crippen LogP) is 4.17. The van der Waals surface area contributed by atoms with Crippen LogP contribution in [0, 0.1) is 29.0 Å². The van der Waals surface area contributed by atoms with Gasteiger partial charge in [-0.25, -0.2) is 4.39 Å². The number of nitriles is 1. The highest BCUT2D eigenvalue weighted by molar-refractivity contribution is 5.57. The summed E-state index contributed by atoms with van der Waals surface area (Å²) in [7, 11) is 0. The topological polar surface area (TPSA) is 23.8 Å². The Labute approximate surface area is 118 Å². The molecule has 96 valence electrons. The summed E-state index contributed by atoms with van der Waals surface area (Å²) >= 11 is 0. The molecule has 0 aliphatic heterocycles. The van der Waals surface area contributed by atoms with Crippen molar-refractivity contribution < 1.29 is 4.39 Å². The van der Waals surface area contributed by atoms with Crippen LogP contribution >= 0.6 is 0 Å². The minimum absolute atomic E-state index is 0.280. The third kappa shape index (κ3) is 4.12. The van der Waals surface area contributed by atoms with E-state index in [4.69, 9.17) is 5.26 Å². The minimum Gasteiger partial charge on any atom is -0.207 e. The Bertz CT molecular complexity index is 695. The van der Waals surface area contributed by atoms with Gasteiger partial charge in [-0.15, -0.1) is 0 Å². The van der Waals surface area contributed by atoms with Crippen molar-refractivity contribution in [2.45, 2.75) is 6.42 Å². The van der Waals surface area contributed by atoms with Crippen molar-refractivity contribution >= 4 is 6.08 Å². The number of nitrogens with zero attached hydrogens (tertiary/aromatic N) is 1. The molecule has 0 aromatic heterocycles. The van der Waals surface area contributed by atoms with Gasteiger partial charge in [0, 0.05) is 17.6 Å². The van der Waals surface area contributed by atoms with Gasteiger partial charge < -0.3 is 0 Å². The van der Waals surface area contributed by atoms with Gasteiger partial charge in [-0.05, 0) is 35.9 Å². The van der Waals surface area contributed by atoms with E-state index in [0.29, 0.717) is 12.0 Å². The molecule has 1 nitrogen and oxygen atoms in total. The lowest BCUT2D eigenvalue weighted by Crippen LogP contribution is -1.79. The second-order valence-electron chi connectivity index (χ2n) is 4.18. The molecule has 0 radical (unpaired) electrons. The maximum absolute atomic E-state index is 12.7. The SMILES string of the molecule is N#C/C(=C\c1ccccc1)CC#Cc1ccc(F)cc1. The van der Waals surface area contributed by atoms with E-state index in [0.717, 1.165) is 11.1 Å². The summed E-state index contributed by atoms with van der Waals surface area (Å²) in [5.74, 6) is 5.56. The highest BCUT2D eigenvalue weighted by Crippen LogP contribution is 2.08. The average Bonchev–Trinajstić information content (AvgIpc) is 2.49. The zero-order chi connectivity index (χ0) is 14.2. The normalized spacial score (nSPS) is 10.3. The van der Waals surface area contributed by atoms with Crippen molar-refractivity contribution in [3.63, 3.8) is 0 Å². The fraction of sp³-hybridized carbons (Fsp3) is 0.0556. The molecule has 0 aliphatic carbocycles. The molecule has 2 aromatic carbocycles. The highest BCUT2D eigenvalue weighted by Gasteiger charge is 1.94. The molecule has 0 atom stereocenters.